The number of rotatable bonds is 10. The first-order valence-electron chi connectivity index (χ1n) is 10.0. The molecule has 10 heteroatoms. The maximum absolute atomic E-state index is 12.4. The SMILES string of the molecule is COc1cc(C(=O)NNC(=O)C(C)Sc2ccc([N+](=O)[O-])cc2)ccc1OCCC(C)C. The smallest absolute Gasteiger partial charge is 0.269 e. The van der Waals surface area contributed by atoms with E-state index in [0.29, 0.717) is 34.5 Å². The van der Waals surface area contributed by atoms with Crippen LogP contribution in [0, 0.1) is 16.0 Å². The van der Waals surface area contributed by atoms with Crippen molar-refractivity contribution in [3.63, 3.8) is 0 Å². The van der Waals surface area contributed by atoms with E-state index in [4.69, 9.17) is 9.47 Å². The van der Waals surface area contributed by atoms with Crippen molar-refractivity contribution in [2.75, 3.05) is 13.7 Å². The Labute approximate surface area is 191 Å². The van der Waals surface area contributed by atoms with Gasteiger partial charge in [0.1, 0.15) is 0 Å². The van der Waals surface area contributed by atoms with Gasteiger partial charge in [0.15, 0.2) is 11.5 Å². The number of carbonyl (C=O) groups is 2. The molecular formula is C22H27N3O6S. The minimum Gasteiger partial charge on any atom is -0.493 e. The zero-order chi connectivity index (χ0) is 23.7. The summed E-state index contributed by atoms with van der Waals surface area (Å²) < 4.78 is 11.0. The third-order valence-electron chi connectivity index (χ3n) is 4.41. The van der Waals surface area contributed by atoms with E-state index in [1.54, 1.807) is 37.3 Å². The van der Waals surface area contributed by atoms with E-state index in [1.807, 2.05) is 0 Å². The number of amides is 2. The molecule has 2 rings (SSSR count). The van der Waals surface area contributed by atoms with Gasteiger partial charge in [-0.05, 0) is 49.6 Å². The molecule has 0 radical (unpaired) electrons. The number of ether oxygens (including phenoxy) is 2. The molecule has 2 aromatic rings. The summed E-state index contributed by atoms with van der Waals surface area (Å²) in [6.45, 7) is 6.42. The number of nitro groups is 1. The monoisotopic (exact) mass is 461 g/mol. The second-order valence-corrected chi connectivity index (χ2v) is 8.77. The summed E-state index contributed by atoms with van der Waals surface area (Å²) in [5.41, 5.74) is 5.05. The number of hydrogen-bond donors (Lipinski definition) is 2. The van der Waals surface area contributed by atoms with Crippen LogP contribution < -0.4 is 20.3 Å². The summed E-state index contributed by atoms with van der Waals surface area (Å²) in [5, 5.41) is 10.2. The van der Waals surface area contributed by atoms with Gasteiger partial charge < -0.3 is 9.47 Å². The summed E-state index contributed by atoms with van der Waals surface area (Å²) in [5.74, 6) is 0.563. The molecule has 2 aromatic carbocycles. The van der Waals surface area contributed by atoms with E-state index in [1.165, 1.54) is 31.0 Å². The lowest BCUT2D eigenvalue weighted by Gasteiger charge is -2.14. The van der Waals surface area contributed by atoms with Crippen molar-refractivity contribution in [2.24, 2.45) is 5.92 Å². The summed E-state index contributed by atoms with van der Waals surface area (Å²) in [6.07, 6.45) is 0.896. The van der Waals surface area contributed by atoms with Crippen LogP contribution in [0.1, 0.15) is 37.6 Å². The number of nitrogens with one attached hydrogen (secondary N) is 2. The van der Waals surface area contributed by atoms with Gasteiger partial charge >= 0.3 is 0 Å². The van der Waals surface area contributed by atoms with E-state index >= 15 is 0 Å². The molecule has 0 fully saturated rings. The lowest BCUT2D eigenvalue weighted by atomic mass is 10.1. The van der Waals surface area contributed by atoms with E-state index in [2.05, 4.69) is 24.7 Å². The molecule has 0 saturated carbocycles. The first kappa shape index (κ1) is 25.0. The molecule has 2 N–H and O–H groups in total. The predicted octanol–water partition coefficient (Wildman–Crippen LogP) is 3.97. The molecule has 0 heterocycles. The lowest BCUT2D eigenvalue weighted by Crippen LogP contribution is -2.44. The van der Waals surface area contributed by atoms with Crippen LogP contribution in [0.3, 0.4) is 0 Å². The van der Waals surface area contributed by atoms with Crippen LogP contribution >= 0.6 is 11.8 Å². The third-order valence-corrected chi connectivity index (χ3v) is 5.52. The number of non-ortho nitro benzene ring substituents is 1. The van der Waals surface area contributed by atoms with Gasteiger partial charge in [-0.3, -0.25) is 30.6 Å². The number of nitrogens with zero attached hydrogens (tertiary/aromatic N) is 1. The average Bonchev–Trinajstić information content (AvgIpc) is 2.77. The van der Waals surface area contributed by atoms with Gasteiger partial charge in [0.05, 0.1) is 23.9 Å². The van der Waals surface area contributed by atoms with Crippen molar-refractivity contribution in [3.8, 4) is 11.5 Å². The van der Waals surface area contributed by atoms with Crippen molar-refractivity contribution >= 4 is 29.3 Å². The van der Waals surface area contributed by atoms with Crippen LogP contribution in [0.15, 0.2) is 47.4 Å². The van der Waals surface area contributed by atoms with E-state index < -0.39 is 22.0 Å². The minimum atomic E-state index is -0.539. The second-order valence-electron chi connectivity index (χ2n) is 7.35. The van der Waals surface area contributed by atoms with Crippen molar-refractivity contribution in [3.05, 3.63) is 58.1 Å². The highest BCUT2D eigenvalue weighted by Crippen LogP contribution is 2.28. The van der Waals surface area contributed by atoms with Gasteiger partial charge in [0.2, 0.25) is 0 Å². The van der Waals surface area contributed by atoms with E-state index in [-0.39, 0.29) is 5.69 Å². The first-order chi connectivity index (χ1) is 15.2. The molecule has 0 aliphatic rings. The van der Waals surface area contributed by atoms with Crippen molar-refractivity contribution < 1.29 is 24.0 Å². The maximum atomic E-state index is 12.4. The Morgan fingerprint density at radius 3 is 2.34 bits per heavy atom. The molecule has 0 spiro atoms. The van der Waals surface area contributed by atoms with Gasteiger partial charge in [-0.2, -0.15) is 0 Å². The summed E-state index contributed by atoms with van der Waals surface area (Å²) in [7, 11) is 1.49. The Kier molecular flexibility index (Phi) is 9.33. The van der Waals surface area contributed by atoms with Gasteiger partial charge in [-0.15, -0.1) is 11.8 Å². The molecular weight excluding hydrogens is 434 g/mol. The van der Waals surface area contributed by atoms with Crippen molar-refractivity contribution in [1.82, 2.24) is 10.9 Å². The average molecular weight is 462 g/mol. The number of hydrazine groups is 1. The Hall–Kier alpha value is -3.27. The Balaban J connectivity index is 1.90. The normalized spacial score (nSPS) is 11.5. The molecule has 1 unspecified atom stereocenters. The number of thioether (sulfide) groups is 1. The van der Waals surface area contributed by atoms with Gasteiger partial charge in [-0.25, -0.2) is 0 Å². The number of benzene rings is 2. The zero-order valence-electron chi connectivity index (χ0n) is 18.4. The molecule has 32 heavy (non-hydrogen) atoms. The Bertz CT molecular complexity index is 949. The summed E-state index contributed by atoms with van der Waals surface area (Å²) >= 11 is 1.21. The number of carbonyl (C=O) groups excluding carboxylic acids is 2. The molecule has 1 atom stereocenters. The molecule has 0 aromatic heterocycles. The highest BCUT2D eigenvalue weighted by molar-refractivity contribution is 8.00. The number of hydrogen-bond acceptors (Lipinski definition) is 7. The van der Waals surface area contributed by atoms with E-state index in [9.17, 15) is 19.7 Å². The topological polar surface area (TPSA) is 120 Å². The summed E-state index contributed by atoms with van der Waals surface area (Å²) in [6, 6.07) is 10.7. The highest BCUT2D eigenvalue weighted by atomic mass is 32.2. The minimum absolute atomic E-state index is 0.0227. The standard InChI is InChI=1S/C22H27N3O6S/c1-14(2)11-12-31-19-10-5-16(13-20(19)30-4)22(27)24-23-21(26)15(3)32-18-8-6-17(7-9-18)25(28)29/h5-10,13-15H,11-12H2,1-4H3,(H,23,26)(H,24,27). The predicted molar refractivity (Wildman–Crippen MR) is 122 cm³/mol. The van der Waals surface area contributed by atoms with Gasteiger partial charge in [0.25, 0.3) is 17.5 Å². The summed E-state index contributed by atoms with van der Waals surface area (Å²) in [4.78, 5) is 35.7. The molecule has 0 aliphatic heterocycles. The third kappa shape index (κ3) is 7.45. The molecule has 0 aliphatic carbocycles. The fraction of sp³-hybridized carbons (Fsp3) is 0.364. The first-order valence-corrected chi connectivity index (χ1v) is 10.9. The number of methoxy groups -OCH3 is 1. The van der Waals surface area contributed by atoms with Crippen LogP contribution in [0.4, 0.5) is 5.69 Å². The van der Waals surface area contributed by atoms with Crippen LogP contribution in [-0.2, 0) is 4.79 Å². The fourth-order valence-corrected chi connectivity index (χ4v) is 3.40. The van der Waals surface area contributed by atoms with Crippen LogP contribution in [-0.4, -0.2) is 35.7 Å². The fourth-order valence-electron chi connectivity index (χ4n) is 2.53. The molecule has 9 nitrogen and oxygen atoms in total. The Morgan fingerprint density at radius 1 is 1.06 bits per heavy atom. The highest BCUT2D eigenvalue weighted by Gasteiger charge is 2.17. The largest absolute Gasteiger partial charge is 0.493 e. The maximum Gasteiger partial charge on any atom is 0.269 e. The number of nitro benzene ring substituents is 1. The molecule has 0 bridgehead atoms. The molecule has 0 saturated heterocycles. The van der Waals surface area contributed by atoms with Crippen LogP contribution in [0.2, 0.25) is 0 Å². The zero-order valence-corrected chi connectivity index (χ0v) is 19.2. The quantitative estimate of drug-likeness (QED) is 0.312. The van der Waals surface area contributed by atoms with Gasteiger partial charge in [-0.1, -0.05) is 13.8 Å². The van der Waals surface area contributed by atoms with E-state index in [0.717, 1.165) is 6.42 Å². The molecule has 172 valence electrons. The lowest BCUT2D eigenvalue weighted by molar-refractivity contribution is -0.384. The molecule has 2 amide bonds. The van der Waals surface area contributed by atoms with Crippen LogP contribution in [0.5, 0.6) is 11.5 Å². The van der Waals surface area contributed by atoms with Crippen molar-refractivity contribution in [2.45, 2.75) is 37.3 Å². The van der Waals surface area contributed by atoms with Crippen molar-refractivity contribution in [1.29, 1.82) is 0 Å². The van der Waals surface area contributed by atoms with Gasteiger partial charge in [0, 0.05) is 22.6 Å². The second kappa shape index (κ2) is 11.9. The van der Waals surface area contributed by atoms with Crippen LogP contribution in [0.25, 0.3) is 0 Å². The Morgan fingerprint density at radius 2 is 1.75 bits per heavy atom.